The van der Waals surface area contributed by atoms with Crippen molar-refractivity contribution < 1.29 is 14.2 Å². The van der Waals surface area contributed by atoms with Gasteiger partial charge >= 0.3 is 6.01 Å². The van der Waals surface area contributed by atoms with Crippen molar-refractivity contribution in [3.05, 3.63) is 36.8 Å². The molecule has 2 aromatic heterocycles. The molecule has 7 heteroatoms. The van der Waals surface area contributed by atoms with Gasteiger partial charge < -0.3 is 9.84 Å². The molecule has 6 nitrogen and oxygen atoms in total. The summed E-state index contributed by atoms with van der Waals surface area (Å²) in [5.41, 5.74) is 1.01. The molecule has 0 bridgehead atoms. The van der Waals surface area contributed by atoms with Crippen LogP contribution in [0.4, 0.5) is 4.39 Å². The van der Waals surface area contributed by atoms with Gasteiger partial charge in [0.25, 0.3) is 0 Å². The van der Waals surface area contributed by atoms with E-state index in [1.165, 1.54) is 6.20 Å². The van der Waals surface area contributed by atoms with Gasteiger partial charge in [0.05, 0.1) is 6.20 Å². The summed E-state index contributed by atoms with van der Waals surface area (Å²) in [6.07, 6.45) is 6.23. The second kappa shape index (κ2) is 7.30. The number of phenols is 1. The number of benzene rings is 1. The minimum atomic E-state index is -1.03. The summed E-state index contributed by atoms with van der Waals surface area (Å²) in [5.74, 6) is 0.0695. The van der Waals surface area contributed by atoms with E-state index in [4.69, 9.17) is 4.74 Å². The van der Waals surface area contributed by atoms with Crippen LogP contribution in [0.5, 0.6) is 11.8 Å². The van der Waals surface area contributed by atoms with Crippen LogP contribution in [0, 0.1) is 5.41 Å². The van der Waals surface area contributed by atoms with Crippen LogP contribution in [0.25, 0.3) is 22.0 Å². The predicted octanol–water partition coefficient (Wildman–Crippen LogP) is 4.48. The van der Waals surface area contributed by atoms with Gasteiger partial charge in [0, 0.05) is 23.3 Å². The minimum absolute atomic E-state index is 0.0567. The minimum Gasteiger partial charge on any atom is -0.507 e. The van der Waals surface area contributed by atoms with E-state index in [1.54, 1.807) is 18.5 Å². The Kier molecular flexibility index (Phi) is 4.83. The van der Waals surface area contributed by atoms with Crippen LogP contribution >= 0.6 is 0 Å². The molecule has 1 aliphatic carbocycles. The molecule has 0 saturated heterocycles. The van der Waals surface area contributed by atoms with E-state index in [2.05, 4.69) is 34.0 Å². The molecule has 1 aliphatic rings. The third-order valence-corrected chi connectivity index (χ3v) is 5.80. The monoisotopic (exact) mass is 382 g/mol. The number of halogens is 1. The number of hydrogen-bond acceptors (Lipinski definition) is 6. The number of pyridine rings is 1. The standard InChI is InChI=1S/C21H23FN4O2/c1-3-21(2)6-4-16(22)19(10-21)28-20-24-12-17(25-26-20)15-8-13-5-7-23-11-14(13)9-18(15)27/h5,7-9,11-12,16,19,27H,3-4,6,10H2,1-2H3/t16-,19-,21-/m0/s1. The van der Waals surface area contributed by atoms with Gasteiger partial charge in [-0.1, -0.05) is 25.4 Å². The summed E-state index contributed by atoms with van der Waals surface area (Å²) in [4.78, 5) is 8.24. The SMILES string of the molecule is CC[C@@]1(C)CC[C@H](F)[C@@H](Oc2ncc(-c3cc4ccncc4cc3O)nn2)C1. The molecule has 1 aromatic carbocycles. The number of aromatic nitrogens is 4. The van der Waals surface area contributed by atoms with Crippen molar-refractivity contribution in [1.29, 1.82) is 0 Å². The molecule has 1 N–H and O–H groups in total. The van der Waals surface area contributed by atoms with E-state index >= 15 is 0 Å². The fourth-order valence-corrected chi connectivity index (χ4v) is 3.73. The Hall–Kier alpha value is -2.83. The molecule has 0 aliphatic heterocycles. The molecule has 0 spiro atoms. The number of rotatable bonds is 4. The summed E-state index contributed by atoms with van der Waals surface area (Å²) < 4.78 is 20.0. The Morgan fingerprint density at radius 2 is 2.11 bits per heavy atom. The van der Waals surface area contributed by atoms with E-state index in [0.717, 1.165) is 23.6 Å². The maximum Gasteiger partial charge on any atom is 0.336 e. The molecule has 146 valence electrons. The molecule has 0 unspecified atom stereocenters. The maximum atomic E-state index is 14.3. The Morgan fingerprint density at radius 1 is 1.25 bits per heavy atom. The molecule has 0 radical (unpaired) electrons. The van der Waals surface area contributed by atoms with Crippen LogP contribution in [-0.4, -0.2) is 37.5 Å². The van der Waals surface area contributed by atoms with Crippen molar-refractivity contribution >= 4 is 10.8 Å². The van der Waals surface area contributed by atoms with Gasteiger partial charge in [-0.25, -0.2) is 9.37 Å². The number of phenolic OH excluding ortho intramolecular Hbond substituents is 1. The number of hydrogen-bond donors (Lipinski definition) is 1. The maximum absolute atomic E-state index is 14.3. The lowest BCUT2D eigenvalue weighted by atomic mass is 9.72. The lowest BCUT2D eigenvalue weighted by molar-refractivity contribution is -0.0000744. The fraction of sp³-hybridized carbons (Fsp3) is 0.429. The third-order valence-electron chi connectivity index (χ3n) is 5.80. The van der Waals surface area contributed by atoms with Crippen LogP contribution in [0.1, 0.15) is 39.5 Å². The van der Waals surface area contributed by atoms with E-state index in [0.29, 0.717) is 24.1 Å². The smallest absolute Gasteiger partial charge is 0.336 e. The highest BCUT2D eigenvalue weighted by atomic mass is 19.1. The summed E-state index contributed by atoms with van der Waals surface area (Å²) in [7, 11) is 0. The predicted molar refractivity (Wildman–Crippen MR) is 104 cm³/mol. The van der Waals surface area contributed by atoms with Gasteiger partial charge in [0.15, 0.2) is 0 Å². The first-order chi connectivity index (χ1) is 13.5. The molecule has 1 fully saturated rings. The zero-order valence-corrected chi connectivity index (χ0v) is 16.0. The molecule has 4 rings (SSSR count). The quantitative estimate of drug-likeness (QED) is 0.717. The summed E-state index contributed by atoms with van der Waals surface area (Å²) in [6, 6.07) is 5.35. The zero-order chi connectivity index (χ0) is 19.7. The van der Waals surface area contributed by atoms with Gasteiger partial charge in [-0.15, -0.1) is 5.10 Å². The van der Waals surface area contributed by atoms with Gasteiger partial charge in [-0.2, -0.15) is 0 Å². The molecule has 1 saturated carbocycles. The van der Waals surface area contributed by atoms with Gasteiger partial charge in [-0.3, -0.25) is 4.98 Å². The van der Waals surface area contributed by atoms with Crippen LogP contribution in [0.15, 0.2) is 36.8 Å². The number of fused-ring (bicyclic) bond motifs is 1. The summed E-state index contributed by atoms with van der Waals surface area (Å²) in [5, 5.41) is 20.2. The van der Waals surface area contributed by atoms with Crippen molar-refractivity contribution in [2.45, 2.75) is 51.8 Å². The Morgan fingerprint density at radius 3 is 2.86 bits per heavy atom. The average molecular weight is 382 g/mol. The number of alkyl halides is 1. The molecular weight excluding hydrogens is 359 g/mol. The zero-order valence-electron chi connectivity index (χ0n) is 16.0. The van der Waals surface area contributed by atoms with E-state index in [-0.39, 0.29) is 17.2 Å². The molecule has 3 atom stereocenters. The molecule has 2 heterocycles. The third kappa shape index (κ3) is 3.61. The van der Waals surface area contributed by atoms with Crippen molar-refractivity contribution in [1.82, 2.24) is 20.2 Å². The largest absolute Gasteiger partial charge is 0.507 e. The Labute approximate surface area is 162 Å². The van der Waals surface area contributed by atoms with E-state index < -0.39 is 12.3 Å². The lowest BCUT2D eigenvalue weighted by Gasteiger charge is -2.38. The number of nitrogens with zero attached hydrogens (tertiary/aromatic N) is 4. The Balaban J connectivity index is 1.55. The van der Waals surface area contributed by atoms with Crippen LogP contribution in [-0.2, 0) is 0 Å². The van der Waals surface area contributed by atoms with Crippen LogP contribution in [0.2, 0.25) is 0 Å². The molecule has 0 amide bonds. The summed E-state index contributed by atoms with van der Waals surface area (Å²) >= 11 is 0. The number of aromatic hydroxyl groups is 1. The Bertz CT molecular complexity index is 982. The van der Waals surface area contributed by atoms with Gasteiger partial charge in [0.1, 0.15) is 23.7 Å². The van der Waals surface area contributed by atoms with Crippen molar-refractivity contribution in [2.75, 3.05) is 0 Å². The highest BCUT2D eigenvalue weighted by Crippen LogP contribution is 2.41. The highest BCUT2D eigenvalue weighted by Gasteiger charge is 2.38. The van der Waals surface area contributed by atoms with Gasteiger partial charge in [0.2, 0.25) is 0 Å². The van der Waals surface area contributed by atoms with Gasteiger partial charge in [-0.05, 0) is 48.3 Å². The first-order valence-corrected chi connectivity index (χ1v) is 9.55. The normalized spacial score (nSPS) is 25.0. The lowest BCUT2D eigenvalue weighted by Crippen LogP contribution is -2.40. The van der Waals surface area contributed by atoms with Crippen LogP contribution < -0.4 is 4.74 Å². The van der Waals surface area contributed by atoms with Crippen molar-refractivity contribution in [3.63, 3.8) is 0 Å². The summed E-state index contributed by atoms with van der Waals surface area (Å²) in [6.45, 7) is 4.28. The molecule has 28 heavy (non-hydrogen) atoms. The van der Waals surface area contributed by atoms with E-state index in [9.17, 15) is 9.50 Å². The number of ether oxygens (including phenoxy) is 1. The van der Waals surface area contributed by atoms with E-state index in [1.807, 2.05) is 12.1 Å². The molecule has 3 aromatic rings. The first kappa shape index (κ1) is 18.5. The van der Waals surface area contributed by atoms with Crippen molar-refractivity contribution in [3.8, 4) is 23.0 Å². The highest BCUT2D eigenvalue weighted by molar-refractivity contribution is 5.89. The fourth-order valence-electron chi connectivity index (χ4n) is 3.73. The second-order valence-electron chi connectivity index (χ2n) is 7.80. The first-order valence-electron chi connectivity index (χ1n) is 9.55. The van der Waals surface area contributed by atoms with Crippen molar-refractivity contribution in [2.24, 2.45) is 5.41 Å². The molecular formula is C21H23FN4O2. The average Bonchev–Trinajstić information content (AvgIpc) is 2.71. The topological polar surface area (TPSA) is 81.0 Å². The van der Waals surface area contributed by atoms with Crippen LogP contribution in [0.3, 0.4) is 0 Å². The second-order valence-corrected chi connectivity index (χ2v) is 7.80.